The van der Waals surface area contributed by atoms with Gasteiger partial charge in [-0.05, 0) is 269 Å². The Bertz CT molecular complexity index is 6400. The molecule has 29 aromatic carbocycles. The predicted octanol–water partition coefficient (Wildman–Crippen LogP) is 17.4. The van der Waals surface area contributed by atoms with Gasteiger partial charge in [0, 0.05) is 5.41 Å². The second-order valence-corrected chi connectivity index (χ2v) is 23.2. The molecule has 61 heavy (non-hydrogen) atoms. The summed E-state index contributed by atoms with van der Waals surface area (Å²) in [5.41, 5.74) is 5.03. The monoisotopic (exact) mass is 735 g/mol. The van der Waals surface area contributed by atoms with Gasteiger partial charge in [-0.3, -0.25) is 0 Å². The Morgan fingerprint density at radius 3 is 0.574 bits per heavy atom. The van der Waals surface area contributed by atoms with Crippen LogP contribution in [0.5, 0.6) is 0 Å². The quantitative estimate of drug-likeness (QED) is 0.107. The molecular formula is C61H3-. The molecule has 0 aromatic heterocycles. The molecule has 0 saturated heterocycles. The van der Waals surface area contributed by atoms with Crippen molar-refractivity contribution in [1.29, 1.82) is 0 Å². The average Bonchev–Trinajstić information content (AvgIpc) is 4.10. The van der Waals surface area contributed by atoms with Gasteiger partial charge in [0.05, 0.1) is 0 Å². The molecule has 0 heterocycles. The Balaban J connectivity index is 1.35. The normalized spacial score (nSPS) is 20.6. The van der Waals surface area contributed by atoms with Crippen LogP contribution < -0.4 is 0 Å². The highest BCUT2D eigenvalue weighted by Gasteiger charge is 2.54. The van der Waals surface area contributed by atoms with E-state index in [9.17, 15) is 0 Å². The lowest BCUT2D eigenvalue weighted by atomic mass is 9.65. The fraction of sp³-hybridized carbons (Fsp3) is 0.0328. The minimum absolute atomic E-state index is 0.175. The first-order chi connectivity index (χ1) is 30.4. The van der Waals surface area contributed by atoms with E-state index < -0.39 is 0 Å². The first kappa shape index (κ1) is 21.0. The minimum atomic E-state index is -0.175. The summed E-state index contributed by atoms with van der Waals surface area (Å²) in [6.07, 6.45) is 0. The molecular weight excluding hydrogens is 733 g/mol. The average molecular weight is 736 g/mol. The summed E-state index contributed by atoms with van der Waals surface area (Å²) in [6, 6.07) is 0. The SMILES string of the molecule is CC12c3c4c5c6c1c1c7c8c6c6c5c5c9c4c4c3c3c%10c%11c4c4c9c9c5c5c6c6c8c8c7c7c%12c%13c8c8c6c5c5c9c6c4c%11c4c9c6c5c8c%13c9c5c4c%10c4c(c5%12)c7c1[c-]2c34. The molecule has 0 amide bonds. The highest BCUT2D eigenvalue weighted by molar-refractivity contribution is 6.83. The van der Waals surface area contributed by atoms with Gasteiger partial charge < -0.3 is 0 Å². The van der Waals surface area contributed by atoms with Crippen molar-refractivity contribution in [3.8, 4) is 0 Å². The molecule has 0 aliphatic heterocycles. The van der Waals surface area contributed by atoms with Gasteiger partial charge in [0.15, 0.2) is 0 Å². The molecule has 3 aliphatic carbocycles. The summed E-state index contributed by atoms with van der Waals surface area (Å²) < 4.78 is 0. The number of hydrogen-bond acceptors (Lipinski definition) is 0. The summed E-state index contributed by atoms with van der Waals surface area (Å²) in [5.74, 6) is 0. The first-order valence-electron chi connectivity index (χ1n) is 23.0. The van der Waals surface area contributed by atoms with Crippen LogP contribution in [0, 0.1) is 0 Å². The molecule has 0 N–H and O–H groups in total. The maximum absolute atomic E-state index is 2.79. The fourth-order valence-electron chi connectivity index (χ4n) is 23.2. The van der Waals surface area contributed by atoms with Crippen LogP contribution in [0.4, 0.5) is 0 Å². The lowest BCUT2D eigenvalue weighted by Gasteiger charge is -2.39. The standard InChI is InChI=1S/C61H3/c1-61-58-54-48-34-26-18-6-3-2-4-7(6)19-21-17-11(4)13-9-5(2)8-12-10(3)16-20(18)32(34)40-38-24(16)22(12)30-28-14(8)15(9)29-31-23(13)25(17)39-41-33(21)35(27(19)26)49(48)55(58)51(41)53-45(39)43(31)47-37(29)36(28)46-42(30)44(38)52(50(40)54)59(61)56(46)57(47)60(53)61/h1H3/q-1. The third kappa shape index (κ3) is 1.03. The summed E-state index contributed by atoms with van der Waals surface area (Å²) >= 11 is 0. The molecule has 0 fully saturated rings. The topological polar surface area (TPSA) is 0 Å². The van der Waals surface area contributed by atoms with Crippen molar-refractivity contribution in [3.05, 3.63) is 16.7 Å². The van der Waals surface area contributed by atoms with E-state index in [1.165, 1.54) is 0 Å². The van der Waals surface area contributed by atoms with Gasteiger partial charge in [-0.25, -0.2) is 0 Å². The zero-order valence-electron chi connectivity index (χ0n) is 31.0. The summed E-state index contributed by atoms with van der Waals surface area (Å²) in [6.45, 7) is 2.79. The van der Waals surface area contributed by atoms with Gasteiger partial charge >= 0.3 is 0 Å². The maximum Gasteiger partial charge on any atom is 0.0104 e. The van der Waals surface area contributed by atoms with Crippen LogP contribution in [-0.4, -0.2) is 0 Å². The van der Waals surface area contributed by atoms with Crippen LogP contribution in [0.1, 0.15) is 23.6 Å². The zero-order valence-corrected chi connectivity index (χ0v) is 31.0. The van der Waals surface area contributed by atoms with E-state index >= 15 is 0 Å². The third-order valence-electron chi connectivity index (χ3n) is 23.2. The number of rotatable bonds is 0. The molecule has 29 aromatic rings. The van der Waals surface area contributed by atoms with Crippen molar-refractivity contribution in [2.45, 2.75) is 12.3 Å². The minimum Gasteiger partial charge on any atom is -0.103 e. The second-order valence-electron chi connectivity index (χ2n) is 23.2. The summed E-state index contributed by atoms with van der Waals surface area (Å²) in [5, 5.41) is 93.8. The molecule has 0 radical (unpaired) electrons. The Morgan fingerprint density at radius 1 is 0.164 bits per heavy atom. The van der Waals surface area contributed by atoms with Crippen LogP contribution in [-0.2, 0) is 5.41 Å². The Hall–Kier alpha value is -7.67. The predicted molar refractivity (Wildman–Crippen MR) is 262 cm³/mol. The fourth-order valence-corrected chi connectivity index (χ4v) is 23.2. The van der Waals surface area contributed by atoms with Gasteiger partial charge in [0.25, 0.3) is 0 Å². The number of benzene rings is 18. The molecule has 248 valence electrons. The van der Waals surface area contributed by atoms with Crippen LogP contribution in [0.15, 0.2) is 0 Å². The second kappa shape index (κ2) is 4.49. The molecule has 0 nitrogen and oxygen atoms in total. The summed E-state index contributed by atoms with van der Waals surface area (Å²) in [4.78, 5) is 0. The lowest BCUT2D eigenvalue weighted by molar-refractivity contribution is 0.743. The first-order valence-corrected chi connectivity index (χ1v) is 23.0. The highest BCUT2D eigenvalue weighted by atomic mass is 14.6. The van der Waals surface area contributed by atoms with E-state index in [1.54, 1.807) is 318 Å². The van der Waals surface area contributed by atoms with Crippen molar-refractivity contribution in [2.24, 2.45) is 0 Å². The van der Waals surface area contributed by atoms with Gasteiger partial charge in [-0.2, -0.15) is 0 Å². The van der Waals surface area contributed by atoms with Crippen LogP contribution in [0.3, 0.4) is 0 Å². The smallest absolute Gasteiger partial charge is 0.0104 e. The largest absolute Gasteiger partial charge is 0.103 e. The van der Waals surface area contributed by atoms with Gasteiger partial charge in [0.1, 0.15) is 0 Å². The van der Waals surface area contributed by atoms with E-state index in [0.29, 0.717) is 0 Å². The Morgan fingerprint density at radius 2 is 0.295 bits per heavy atom. The van der Waals surface area contributed by atoms with Gasteiger partial charge in [0.2, 0.25) is 0 Å². The summed E-state index contributed by atoms with van der Waals surface area (Å²) in [7, 11) is 0. The van der Waals surface area contributed by atoms with Crippen molar-refractivity contribution in [2.75, 3.05) is 0 Å². The lowest BCUT2D eigenvalue weighted by Crippen LogP contribution is -2.26. The van der Waals surface area contributed by atoms with E-state index in [2.05, 4.69) is 6.92 Å². The van der Waals surface area contributed by atoms with Crippen molar-refractivity contribution in [3.63, 3.8) is 0 Å². The van der Waals surface area contributed by atoms with E-state index in [4.69, 9.17) is 0 Å². The maximum atomic E-state index is 2.79. The van der Waals surface area contributed by atoms with Crippen molar-refractivity contribution < 1.29 is 0 Å². The molecule has 0 atom stereocenters. The van der Waals surface area contributed by atoms with Crippen LogP contribution in [0.25, 0.3) is 302 Å². The molecule has 32 rings (SSSR count). The molecule has 0 saturated carbocycles. The third-order valence-corrected chi connectivity index (χ3v) is 23.2. The Labute approximate surface area is 329 Å². The molecule has 0 unspecified atom stereocenters. The zero-order chi connectivity index (χ0) is 35.6. The molecule has 0 bridgehead atoms. The van der Waals surface area contributed by atoms with Crippen molar-refractivity contribution in [1.82, 2.24) is 0 Å². The Kier molecular flexibility index (Phi) is 1.55. The van der Waals surface area contributed by atoms with E-state index in [-0.39, 0.29) is 5.41 Å². The van der Waals surface area contributed by atoms with E-state index in [0.717, 1.165) is 0 Å². The molecule has 3 aliphatic rings. The number of hydrogen-bond donors (Lipinski definition) is 0. The van der Waals surface area contributed by atoms with E-state index in [1.807, 2.05) is 0 Å². The van der Waals surface area contributed by atoms with Crippen LogP contribution in [0.2, 0.25) is 0 Å². The van der Waals surface area contributed by atoms with Crippen molar-refractivity contribution >= 4 is 302 Å². The van der Waals surface area contributed by atoms with Crippen LogP contribution >= 0.6 is 0 Å². The molecule has 0 spiro atoms. The highest BCUT2D eigenvalue weighted by Crippen LogP contribution is 2.82. The van der Waals surface area contributed by atoms with Gasteiger partial charge in [-0.15, -0.1) is 10.8 Å². The molecule has 0 heteroatoms. The van der Waals surface area contributed by atoms with Gasteiger partial charge in [-0.1, -0.05) is 45.0 Å².